The minimum atomic E-state index is -0.910. The number of carboxylic acid groups (broad SMARTS) is 1. The van der Waals surface area contributed by atoms with Gasteiger partial charge in [-0.25, -0.2) is 4.79 Å². The summed E-state index contributed by atoms with van der Waals surface area (Å²) in [6.07, 6.45) is 0. The molecule has 0 saturated heterocycles. The summed E-state index contributed by atoms with van der Waals surface area (Å²) in [5.74, 6) is -0.910. The molecular weight excluding hydrogens is 292 g/mol. The van der Waals surface area contributed by atoms with Crippen molar-refractivity contribution in [1.29, 1.82) is 0 Å². The van der Waals surface area contributed by atoms with Crippen molar-refractivity contribution in [2.24, 2.45) is 0 Å². The van der Waals surface area contributed by atoms with Crippen LogP contribution in [0.25, 0.3) is 11.1 Å². The van der Waals surface area contributed by atoms with Crippen LogP contribution in [0.15, 0.2) is 40.9 Å². The molecule has 0 aliphatic carbocycles. The first-order chi connectivity index (χ1) is 8.52. The third-order valence-corrected chi connectivity index (χ3v) is 3.78. The fourth-order valence-electron chi connectivity index (χ4n) is 2.00. The number of benzene rings is 2. The molecule has 2 aromatic carbocycles. The van der Waals surface area contributed by atoms with Crippen LogP contribution in [0.3, 0.4) is 0 Å². The van der Waals surface area contributed by atoms with Crippen molar-refractivity contribution in [2.45, 2.75) is 13.8 Å². The van der Waals surface area contributed by atoms with Crippen LogP contribution < -0.4 is 0 Å². The van der Waals surface area contributed by atoms with E-state index in [1.807, 2.05) is 38.1 Å². The number of aromatic carboxylic acids is 1. The highest BCUT2D eigenvalue weighted by Crippen LogP contribution is 2.34. The molecule has 2 rings (SSSR count). The molecule has 92 valence electrons. The fraction of sp³-hybridized carbons (Fsp3) is 0.133. The lowest BCUT2D eigenvalue weighted by Gasteiger charge is -2.13. The Bertz CT molecular complexity index is 618. The number of aryl methyl sites for hydroxylation is 1. The Hall–Kier alpha value is -1.61. The van der Waals surface area contributed by atoms with E-state index in [0.29, 0.717) is 5.56 Å². The number of carbonyl (C=O) groups is 1. The first-order valence-electron chi connectivity index (χ1n) is 5.60. The van der Waals surface area contributed by atoms with Gasteiger partial charge in [0.05, 0.1) is 5.56 Å². The zero-order valence-electron chi connectivity index (χ0n) is 10.2. The third-order valence-electron chi connectivity index (χ3n) is 3.12. The van der Waals surface area contributed by atoms with Crippen molar-refractivity contribution in [3.63, 3.8) is 0 Å². The van der Waals surface area contributed by atoms with Gasteiger partial charge in [-0.15, -0.1) is 0 Å². The summed E-state index contributed by atoms with van der Waals surface area (Å²) in [5, 5.41) is 9.29. The molecule has 0 radical (unpaired) electrons. The van der Waals surface area contributed by atoms with Crippen LogP contribution in [0.5, 0.6) is 0 Å². The largest absolute Gasteiger partial charge is 0.478 e. The summed E-state index contributed by atoms with van der Waals surface area (Å²) in [6, 6.07) is 11.2. The average molecular weight is 305 g/mol. The molecule has 0 atom stereocenters. The number of rotatable bonds is 2. The minimum absolute atomic E-state index is 0.318. The van der Waals surface area contributed by atoms with Crippen molar-refractivity contribution in [3.8, 4) is 11.1 Å². The summed E-state index contributed by atoms with van der Waals surface area (Å²) < 4.78 is 0.802. The Morgan fingerprint density at radius 2 is 1.78 bits per heavy atom. The van der Waals surface area contributed by atoms with E-state index in [2.05, 4.69) is 15.9 Å². The van der Waals surface area contributed by atoms with E-state index in [0.717, 1.165) is 26.7 Å². The van der Waals surface area contributed by atoms with Crippen LogP contribution in [0.2, 0.25) is 0 Å². The van der Waals surface area contributed by atoms with Crippen LogP contribution in [-0.4, -0.2) is 11.1 Å². The predicted molar refractivity (Wildman–Crippen MR) is 76.0 cm³/mol. The van der Waals surface area contributed by atoms with Gasteiger partial charge in [0, 0.05) is 10.0 Å². The number of halogens is 1. The van der Waals surface area contributed by atoms with Gasteiger partial charge in [-0.2, -0.15) is 0 Å². The summed E-state index contributed by atoms with van der Waals surface area (Å²) in [5.41, 5.74) is 4.27. The molecule has 2 aromatic rings. The van der Waals surface area contributed by atoms with Crippen molar-refractivity contribution in [2.75, 3.05) is 0 Å². The first-order valence-corrected chi connectivity index (χ1v) is 6.40. The van der Waals surface area contributed by atoms with Crippen LogP contribution in [-0.2, 0) is 0 Å². The quantitative estimate of drug-likeness (QED) is 0.891. The summed E-state index contributed by atoms with van der Waals surface area (Å²) in [6.45, 7) is 4.03. The number of hydrogen-bond acceptors (Lipinski definition) is 1. The average Bonchev–Trinajstić information content (AvgIpc) is 2.33. The minimum Gasteiger partial charge on any atom is -0.478 e. The Morgan fingerprint density at radius 3 is 2.44 bits per heavy atom. The fourth-order valence-corrected chi connectivity index (χ4v) is 2.58. The summed E-state index contributed by atoms with van der Waals surface area (Å²) >= 11 is 3.45. The van der Waals surface area contributed by atoms with Crippen LogP contribution in [0.4, 0.5) is 0 Å². The van der Waals surface area contributed by atoms with Gasteiger partial charge in [0.1, 0.15) is 0 Å². The topological polar surface area (TPSA) is 37.3 Å². The molecule has 18 heavy (non-hydrogen) atoms. The molecule has 0 aliphatic heterocycles. The van der Waals surface area contributed by atoms with E-state index >= 15 is 0 Å². The second kappa shape index (κ2) is 4.94. The second-order valence-corrected chi connectivity index (χ2v) is 5.07. The molecule has 0 saturated carbocycles. The van der Waals surface area contributed by atoms with Crippen LogP contribution in [0.1, 0.15) is 21.5 Å². The van der Waals surface area contributed by atoms with E-state index in [-0.39, 0.29) is 0 Å². The van der Waals surface area contributed by atoms with Crippen molar-refractivity contribution < 1.29 is 9.90 Å². The lowest BCUT2D eigenvalue weighted by Crippen LogP contribution is -2.01. The molecule has 0 heterocycles. The molecule has 0 bridgehead atoms. The molecular formula is C15H13BrO2. The van der Waals surface area contributed by atoms with Gasteiger partial charge in [0.25, 0.3) is 0 Å². The van der Waals surface area contributed by atoms with E-state index in [4.69, 9.17) is 0 Å². The van der Waals surface area contributed by atoms with Gasteiger partial charge in [-0.1, -0.05) is 40.2 Å². The molecule has 3 heteroatoms. The van der Waals surface area contributed by atoms with Gasteiger partial charge >= 0.3 is 5.97 Å². The van der Waals surface area contributed by atoms with Gasteiger partial charge in [-0.05, 0) is 42.7 Å². The molecule has 0 unspecified atom stereocenters. The van der Waals surface area contributed by atoms with E-state index in [1.165, 1.54) is 0 Å². The summed E-state index contributed by atoms with van der Waals surface area (Å²) in [4.78, 5) is 11.3. The van der Waals surface area contributed by atoms with Gasteiger partial charge in [-0.3, -0.25) is 0 Å². The molecule has 1 N–H and O–H groups in total. The standard InChI is InChI=1S/C15H13BrO2/c1-9-5-3-6-11(10(9)2)14-12(15(17)18)7-4-8-13(14)16/h3-8H,1-2H3,(H,17,18). The maximum Gasteiger partial charge on any atom is 0.336 e. The predicted octanol–water partition coefficient (Wildman–Crippen LogP) is 4.43. The SMILES string of the molecule is Cc1cccc(-c2c(Br)cccc2C(=O)O)c1C. The Balaban J connectivity index is 2.78. The van der Waals surface area contributed by atoms with Crippen molar-refractivity contribution >= 4 is 21.9 Å². The highest BCUT2D eigenvalue weighted by Gasteiger charge is 2.16. The van der Waals surface area contributed by atoms with E-state index in [9.17, 15) is 9.90 Å². The second-order valence-electron chi connectivity index (χ2n) is 4.22. The highest BCUT2D eigenvalue weighted by atomic mass is 79.9. The van der Waals surface area contributed by atoms with Gasteiger partial charge in [0.15, 0.2) is 0 Å². The Morgan fingerprint density at radius 1 is 1.11 bits per heavy atom. The number of carboxylic acids is 1. The molecule has 0 spiro atoms. The molecule has 0 aromatic heterocycles. The van der Waals surface area contributed by atoms with E-state index in [1.54, 1.807) is 12.1 Å². The maximum atomic E-state index is 11.3. The molecule has 0 aliphatic rings. The Labute approximate surface area is 114 Å². The maximum absolute atomic E-state index is 11.3. The first kappa shape index (κ1) is 12.8. The number of hydrogen-bond donors (Lipinski definition) is 1. The smallest absolute Gasteiger partial charge is 0.336 e. The zero-order chi connectivity index (χ0) is 13.3. The highest BCUT2D eigenvalue weighted by molar-refractivity contribution is 9.10. The van der Waals surface area contributed by atoms with Gasteiger partial charge in [0.2, 0.25) is 0 Å². The molecule has 0 amide bonds. The van der Waals surface area contributed by atoms with Crippen LogP contribution >= 0.6 is 15.9 Å². The molecule has 2 nitrogen and oxygen atoms in total. The summed E-state index contributed by atoms with van der Waals surface area (Å²) in [7, 11) is 0. The van der Waals surface area contributed by atoms with Crippen molar-refractivity contribution in [1.82, 2.24) is 0 Å². The van der Waals surface area contributed by atoms with Crippen LogP contribution in [0, 0.1) is 13.8 Å². The molecule has 0 fully saturated rings. The lowest BCUT2D eigenvalue weighted by atomic mass is 9.94. The van der Waals surface area contributed by atoms with E-state index < -0.39 is 5.97 Å². The lowest BCUT2D eigenvalue weighted by molar-refractivity contribution is 0.0697. The normalized spacial score (nSPS) is 10.4. The van der Waals surface area contributed by atoms with Gasteiger partial charge < -0.3 is 5.11 Å². The monoisotopic (exact) mass is 304 g/mol. The van der Waals surface area contributed by atoms with Crippen molar-refractivity contribution in [3.05, 3.63) is 57.6 Å². The third kappa shape index (κ3) is 2.18. The zero-order valence-corrected chi connectivity index (χ0v) is 11.8. The Kier molecular flexibility index (Phi) is 3.53.